The number of benzene rings is 1. The summed E-state index contributed by atoms with van der Waals surface area (Å²) in [7, 11) is 0. The third kappa shape index (κ3) is 3.84. The fraction of sp³-hybridized carbons (Fsp3) is 0.579. The van der Waals surface area contributed by atoms with Gasteiger partial charge < -0.3 is 10.4 Å². The van der Waals surface area contributed by atoms with Crippen LogP contribution in [0.3, 0.4) is 0 Å². The summed E-state index contributed by atoms with van der Waals surface area (Å²) in [6.45, 7) is 1.58. The van der Waals surface area contributed by atoms with E-state index in [1.165, 1.54) is 4.90 Å². The molecular weight excluding hydrogens is 304 g/mol. The van der Waals surface area contributed by atoms with Gasteiger partial charge in [-0.05, 0) is 57.2 Å². The minimum absolute atomic E-state index is 0.0579. The quantitative estimate of drug-likeness (QED) is 0.831. The van der Waals surface area contributed by atoms with Crippen LogP contribution in [0.2, 0.25) is 0 Å². The van der Waals surface area contributed by atoms with E-state index in [0.29, 0.717) is 37.8 Å². The predicted octanol–water partition coefficient (Wildman–Crippen LogP) is 1.96. The van der Waals surface area contributed by atoms with Crippen LogP contribution in [0.1, 0.15) is 48.9 Å². The Morgan fingerprint density at radius 1 is 1.04 bits per heavy atom. The Morgan fingerprint density at radius 2 is 1.75 bits per heavy atom. The monoisotopic (exact) mass is 330 g/mol. The number of carbonyl (C=O) groups excluding carboxylic acids is 2. The van der Waals surface area contributed by atoms with Gasteiger partial charge in [-0.1, -0.05) is 18.2 Å². The van der Waals surface area contributed by atoms with Gasteiger partial charge in [0.2, 0.25) is 5.91 Å². The van der Waals surface area contributed by atoms with Crippen LogP contribution in [-0.4, -0.2) is 47.1 Å². The smallest absolute Gasteiger partial charge is 0.260 e. The van der Waals surface area contributed by atoms with Gasteiger partial charge in [-0.2, -0.15) is 0 Å². The molecule has 0 unspecified atom stereocenters. The van der Waals surface area contributed by atoms with E-state index in [1.807, 2.05) is 18.2 Å². The van der Waals surface area contributed by atoms with Crippen molar-refractivity contribution < 1.29 is 14.7 Å². The lowest BCUT2D eigenvalue weighted by atomic mass is 9.89. The van der Waals surface area contributed by atoms with Crippen molar-refractivity contribution in [2.24, 2.45) is 5.92 Å². The molecule has 5 nitrogen and oxygen atoms in total. The van der Waals surface area contributed by atoms with Crippen molar-refractivity contribution in [3.63, 3.8) is 0 Å². The van der Waals surface area contributed by atoms with E-state index in [1.54, 1.807) is 12.1 Å². The summed E-state index contributed by atoms with van der Waals surface area (Å²) < 4.78 is 0. The molecule has 0 bridgehead atoms. The van der Waals surface area contributed by atoms with Crippen LogP contribution in [0, 0.1) is 5.92 Å². The van der Waals surface area contributed by atoms with Crippen LogP contribution in [-0.2, 0) is 4.79 Å². The molecule has 0 radical (unpaired) electrons. The number of carbonyl (C=O) groups is 2. The molecule has 0 aromatic heterocycles. The van der Waals surface area contributed by atoms with Crippen LogP contribution in [0.4, 0.5) is 0 Å². The van der Waals surface area contributed by atoms with Crippen molar-refractivity contribution in [3.05, 3.63) is 35.9 Å². The first-order chi connectivity index (χ1) is 11.7. The van der Waals surface area contributed by atoms with Crippen LogP contribution < -0.4 is 5.32 Å². The van der Waals surface area contributed by atoms with Gasteiger partial charge >= 0.3 is 0 Å². The van der Waals surface area contributed by atoms with E-state index in [2.05, 4.69) is 5.32 Å². The average molecular weight is 330 g/mol. The zero-order chi connectivity index (χ0) is 16.9. The van der Waals surface area contributed by atoms with Crippen molar-refractivity contribution >= 4 is 11.8 Å². The number of piperidine rings is 1. The van der Waals surface area contributed by atoms with Crippen molar-refractivity contribution in [1.82, 2.24) is 10.2 Å². The molecule has 24 heavy (non-hydrogen) atoms. The van der Waals surface area contributed by atoms with E-state index in [4.69, 9.17) is 0 Å². The molecule has 5 heteroatoms. The van der Waals surface area contributed by atoms with E-state index in [0.717, 1.165) is 19.4 Å². The summed E-state index contributed by atoms with van der Waals surface area (Å²) in [4.78, 5) is 27.6. The molecule has 0 spiro atoms. The van der Waals surface area contributed by atoms with Crippen molar-refractivity contribution in [2.75, 3.05) is 13.1 Å². The number of aliphatic hydroxyl groups is 1. The standard InChI is InChI=1S/C19H26N2O3/c22-17-10-8-16(9-11-17)21(18(23)14-5-2-1-3-6-14)19(24)15-7-4-12-20-13-15/h1-3,5-6,15-17,20,22H,4,7-13H2/t15-,16?,17?/m0/s1. The van der Waals surface area contributed by atoms with Gasteiger partial charge in [0.25, 0.3) is 5.91 Å². The van der Waals surface area contributed by atoms with Gasteiger partial charge in [-0.25, -0.2) is 0 Å². The van der Waals surface area contributed by atoms with E-state index < -0.39 is 0 Å². The number of rotatable bonds is 3. The van der Waals surface area contributed by atoms with Crippen LogP contribution in [0.25, 0.3) is 0 Å². The fourth-order valence-electron chi connectivity index (χ4n) is 3.74. The molecule has 1 aliphatic carbocycles. The zero-order valence-corrected chi connectivity index (χ0v) is 14.0. The molecule has 130 valence electrons. The number of hydrogen-bond donors (Lipinski definition) is 2. The highest BCUT2D eigenvalue weighted by molar-refractivity contribution is 6.05. The topological polar surface area (TPSA) is 69.6 Å². The third-order valence-corrected chi connectivity index (χ3v) is 5.15. The van der Waals surface area contributed by atoms with Crippen molar-refractivity contribution in [1.29, 1.82) is 0 Å². The second-order valence-electron chi connectivity index (χ2n) is 6.89. The number of amides is 2. The Hall–Kier alpha value is -1.72. The molecule has 3 rings (SSSR count). The summed E-state index contributed by atoms with van der Waals surface area (Å²) in [5.41, 5.74) is 0.556. The highest BCUT2D eigenvalue weighted by Gasteiger charge is 2.36. The van der Waals surface area contributed by atoms with E-state index in [9.17, 15) is 14.7 Å². The summed E-state index contributed by atoms with van der Waals surface area (Å²) in [5.74, 6) is -0.386. The normalized spacial score (nSPS) is 27.5. The second-order valence-corrected chi connectivity index (χ2v) is 6.89. The molecule has 1 saturated heterocycles. The minimum Gasteiger partial charge on any atom is -0.393 e. The summed E-state index contributed by atoms with van der Waals surface area (Å²) in [6, 6.07) is 8.94. The molecule has 2 aliphatic rings. The van der Waals surface area contributed by atoms with Crippen LogP contribution in [0.5, 0.6) is 0 Å². The Labute approximate surface area is 143 Å². The summed E-state index contributed by atoms with van der Waals surface area (Å²) in [6.07, 6.45) is 4.17. The van der Waals surface area contributed by atoms with Gasteiger partial charge in [-0.15, -0.1) is 0 Å². The molecule has 1 aromatic carbocycles. The molecule has 1 aromatic rings. The average Bonchev–Trinajstić information content (AvgIpc) is 2.64. The third-order valence-electron chi connectivity index (χ3n) is 5.15. The lowest BCUT2D eigenvalue weighted by Crippen LogP contribution is -2.51. The largest absolute Gasteiger partial charge is 0.393 e. The number of aliphatic hydroxyl groups excluding tert-OH is 1. The highest BCUT2D eigenvalue weighted by Crippen LogP contribution is 2.27. The highest BCUT2D eigenvalue weighted by atomic mass is 16.3. The second kappa shape index (κ2) is 7.90. The minimum atomic E-state index is -0.304. The lowest BCUT2D eigenvalue weighted by Gasteiger charge is -2.37. The van der Waals surface area contributed by atoms with Crippen molar-refractivity contribution in [2.45, 2.75) is 50.7 Å². The van der Waals surface area contributed by atoms with Gasteiger partial charge in [-0.3, -0.25) is 14.5 Å². The molecule has 2 amide bonds. The molecule has 1 atom stereocenters. The Kier molecular flexibility index (Phi) is 5.63. The maximum absolute atomic E-state index is 13.1. The van der Waals surface area contributed by atoms with Crippen molar-refractivity contribution in [3.8, 4) is 0 Å². The van der Waals surface area contributed by atoms with Gasteiger partial charge in [0.05, 0.1) is 12.0 Å². The number of nitrogens with zero attached hydrogens (tertiary/aromatic N) is 1. The Morgan fingerprint density at radius 3 is 2.38 bits per heavy atom. The number of imide groups is 1. The summed E-state index contributed by atoms with van der Waals surface area (Å²) in [5, 5.41) is 13.0. The predicted molar refractivity (Wildman–Crippen MR) is 91.5 cm³/mol. The fourth-order valence-corrected chi connectivity index (χ4v) is 3.74. The molecular formula is C19H26N2O3. The first-order valence-electron chi connectivity index (χ1n) is 8.98. The Bertz CT molecular complexity index is 561. The van der Waals surface area contributed by atoms with Gasteiger partial charge in [0, 0.05) is 18.2 Å². The van der Waals surface area contributed by atoms with Crippen LogP contribution in [0.15, 0.2) is 30.3 Å². The molecule has 1 saturated carbocycles. The zero-order valence-electron chi connectivity index (χ0n) is 14.0. The molecule has 2 fully saturated rings. The van der Waals surface area contributed by atoms with E-state index >= 15 is 0 Å². The Balaban J connectivity index is 1.82. The number of hydrogen-bond acceptors (Lipinski definition) is 4. The summed E-state index contributed by atoms with van der Waals surface area (Å²) >= 11 is 0. The first-order valence-corrected chi connectivity index (χ1v) is 8.98. The molecule has 2 N–H and O–H groups in total. The molecule has 1 heterocycles. The van der Waals surface area contributed by atoms with Gasteiger partial charge in [0.15, 0.2) is 0 Å². The number of nitrogens with one attached hydrogen (secondary N) is 1. The molecule has 1 aliphatic heterocycles. The SMILES string of the molecule is O=C(c1ccccc1)N(C(=O)[C@H]1CCCNC1)C1CCC(O)CC1. The van der Waals surface area contributed by atoms with E-state index in [-0.39, 0.29) is 29.9 Å². The maximum atomic E-state index is 13.1. The van der Waals surface area contributed by atoms with Gasteiger partial charge in [0.1, 0.15) is 0 Å². The first kappa shape index (κ1) is 17.1. The lowest BCUT2D eigenvalue weighted by molar-refractivity contribution is -0.136. The maximum Gasteiger partial charge on any atom is 0.260 e. The van der Waals surface area contributed by atoms with Crippen LogP contribution >= 0.6 is 0 Å².